The Morgan fingerprint density at radius 1 is 1.45 bits per heavy atom. The third kappa shape index (κ3) is 7.03. The first-order valence-electron chi connectivity index (χ1n) is 7.40. The molecule has 116 valence electrons. The molecule has 0 aromatic rings. The Bertz CT molecular complexity index is 306. The third-order valence-electron chi connectivity index (χ3n) is 3.51. The molecule has 0 spiro atoms. The van der Waals surface area contributed by atoms with Gasteiger partial charge in [0, 0.05) is 6.54 Å². The zero-order valence-electron chi connectivity index (χ0n) is 12.5. The number of esters is 1. The van der Waals surface area contributed by atoms with Crippen LogP contribution < -0.4 is 5.32 Å². The molecule has 0 aromatic heterocycles. The fraction of sp³-hybridized carbons (Fsp3) is 0.800. The lowest BCUT2D eigenvalue weighted by molar-refractivity contribution is -0.142. The summed E-state index contributed by atoms with van der Waals surface area (Å²) in [7, 11) is 0. The van der Waals surface area contributed by atoms with E-state index in [1.165, 1.54) is 0 Å². The van der Waals surface area contributed by atoms with E-state index in [0.29, 0.717) is 38.2 Å². The van der Waals surface area contributed by atoms with Crippen molar-refractivity contribution in [3.05, 3.63) is 12.2 Å². The summed E-state index contributed by atoms with van der Waals surface area (Å²) < 4.78 is 10.3. The summed E-state index contributed by atoms with van der Waals surface area (Å²) in [4.78, 5) is 11.1. The summed E-state index contributed by atoms with van der Waals surface area (Å²) in [6.07, 6.45) is 5.98. The summed E-state index contributed by atoms with van der Waals surface area (Å²) in [5, 5.41) is 12.6. The average Bonchev–Trinajstić information content (AvgIpc) is 2.41. The fourth-order valence-corrected chi connectivity index (χ4v) is 2.21. The second-order valence-electron chi connectivity index (χ2n) is 5.31. The maximum atomic E-state index is 11.1. The van der Waals surface area contributed by atoms with Crippen molar-refractivity contribution in [2.24, 2.45) is 11.8 Å². The minimum Gasteiger partial charge on any atom is -0.465 e. The highest BCUT2D eigenvalue weighted by Crippen LogP contribution is 2.24. The quantitative estimate of drug-likeness (QED) is 0.491. The predicted molar refractivity (Wildman–Crippen MR) is 77.4 cm³/mol. The first kappa shape index (κ1) is 17.1. The minimum absolute atomic E-state index is 0.120. The van der Waals surface area contributed by atoms with Crippen molar-refractivity contribution >= 4 is 5.97 Å². The van der Waals surface area contributed by atoms with Gasteiger partial charge in [0.2, 0.25) is 0 Å². The molecule has 1 rings (SSSR count). The standard InChI is InChI=1S/C15H27NO4/c1-3-20-15(18)9-16-8-14(17)11-19-10-13-7-5-4-6-12(13)2/h4-5,12-14,16-17H,3,6-11H2,1-2H3. The second kappa shape index (κ2) is 9.91. The lowest BCUT2D eigenvalue weighted by Gasteiger charge is -2.25. The number of aliphatic hydroxyl groups excluding tert-OH is 1. The normalized spacial score (nSPS) is 23.6. The zero-order valence-corrected chi connectivity index (χ0v) is 12.5. The van der Waals surface area contributed by atoms with Crippen LogP contribution in [0.4, 0.5) is 0 Å². The molecular weight excluding hydrogens is 258 g/mol. The second-order valence-corrected chi connectivity index (χ2v) is 5.31. The molecular formula is C15H27NO4. The van der Waals surface area contributed by atoms with Crippen molar-refractivity contribution in [3.63, 3.8) is 0 Å². The fourth-order valence-electron chi connectivity index (χ4n) is 2.21. The van der Waals surface area contributed by atoms with E-state index in [1.807, 2.05) is 0 Å². The van der Waals surface area contributed by atoms with Crippen LogP contribution in [0, 0.1) is 11.8 Å². The zero-order chi connectivity index (χ0) is 14.8. The maximum Gasteiger partial charge on any atom is 0.319 e. The number of aliphatic hydroxyl groups is 1. The van der Waals surface area contributed by atoms with Crippen LogP contribution >= 0.6 is 0 Å². The van der Waals surface area contributed by atoms with Crippen LogP contribution in [0.3, 0.4) is 0 Å². The Hall–Kier alpha value is -0.910. The van der Waals surface area contributed by atoms with Crippen molar-refractivity contribution in [2.45, 2.75) is 32.8 Å². The van der Waals surface area contributed by atoms with Gasteiger partial charge < -0.3 is 19.9 Å². The third-order valence-corrected chi connectivity index (χ3v) is 3.51. The molecule has 0 heterocycles. The van der Waals surface area contributed by atoms with Crippen LogP contribution in [0.1, 0.15) is 26.7 Å². The van der Waals surface area contributed by atoms with Crippen LogP contribution in [0.5, 0.6) is 0 Å². The Kier molecular flexibility index (Phi) is 8.49. The van der Waals surface area contributed by atoms with Gasteiger partial charge in [-0.1, -0.05) is 19.1 Å². The number of rotatable bonds is 9. The summed E-state index contributed by atoms with van der Waals surface area (Å²) in [5.74, 6) is 0.877. The van der Waals surface area contributed by atoms with Gasteiger partial charge in [0.25, 0.3) is 0 Å². The van der Waals surface area contributed by atoms with E-state index in [1.54, 1.807) is 6.92 Å². The smallest absolute Gasteiger partial charge is 0.319 e. The molecule has 0 fully saturated rings. The summed E-state index contributed by atoms with van der Waals surface area (Å²) >= 11 is 0. The van der Waals surface area contributed by atoms with Gasteiger partial charge in [0.1, 0.15) is 0 Å². The van der Waals surface area contributed by atoms with E-state index in [-0.39, 0.29) is 12.5 Å². The number of allylic oxidation sites excluding steroid dienone is 2. The number of hydrogen-bond acceptors (Lipinski definition) is 5. The van der Waals surface area contributed by atoms with Crippen molar-refractivity contribution in [3.8, 4) is 0 Å². The Morgan fingerprint density at radius 3 is 2.90 bits per heavy atom. The van der Waals surface area contributed by atoms with E-state index in [9.17, 15) is 9.90 Å². The Morgan fingerprint density at radius 2 is 2.20 bits per heavy atom. The number of nitrogens with one attached hydrogen (secondary N) is 1. The minimum atomic E-state index is -0.598. The molecule has 1 aliphatic carbocycles. The van der Waals surface area contributed by atoms with Crippen LogP contribution in [-0.2, 0) is 14.3 Å². The van der Waals surface area contributed by atoms with Gasteiger partial charge in [-0.25, -0.2) is 0 Å². The van der Waals surface area contributed by atoms with Crippen LogP contribution in [0.15, 0.2) is 12.2 Å². The molecule has 1 aliphatic rings. The van der Waals surface area contributed by atoms with Crippen LogP contribution in [0.25, 0.3) is 0 Å². The average molecular weight is 285 g/mol. The van der Waals surface area contributed by atoms with Crippen molar-refractivity contribution in [1.29, 1.82) is 0 Å². The molecule has 3 atom stereocenters. The topological polar surface area (TPSA) is 67.8 Å². The molecule has 0 radical (unpaired) electrons. The molecule has 0 aromatic carbocycles. The summed E-state index contributed by atoms with van der Waals surface area (Å²) in [5.41, 5.74) is 0. The molecule has 0 aliphatic heterocycles. The molecule has 2 N–H and O–H groups in total. The number of ether oxygens (including phenoxy) is 2. The number of carbonyl (C=O) groups is 1. The SMILES string of the molecule is CCOC(=O)CNCC(O)COCC1CC=CCC1C. The molecule has 0 bridgehead atoms. The lowest BCUT2D eigenvalue weighted by atomic mass is 9.85. The van der Waals surface area contributed by atoms with E-state index < -0.39 is 6.10 Å². The lowest BCUT2D eigenvalue weighted by Crippen LogP contribution is -2.35. The van der Waals surface area contributed by atoms with Crippen LogP contribution in [0.2, 0.25) is 0 Å². The number of hydrogen-bond donors (Lipinski definition) is 2. The Labute approximate surface area is 121 Å². The summed E-state index contributed by atoms with van der Waals surface area (Å²) in [6, 6.07) is 0. The van der Waals surface area contributed by atoms with E-state index in [2.05, 4.69) is 24.4 Å². The molecule has 5 nitrogen and oxygen atoms in total. The largest absolute Gasteiger partial charge is 0.465 e. The molecule has 5 heteroatoms. The Balaban J connectivity index is 2.03. The highest BCUT2D eigenvalue weighted by atomic mass is 16.5. The highest BCUT2D eigenvalue weighted by Gasteiger charge is 2.18. The van der Waals surface area contributed by atoms with E-state index >= 15 is 0 Å². The first-order valence-corrected chi connectivity index (χ1v) is 7.40. The maximum absolute atomic E-state index is 11.1. The van der Waals surface area contributed by atoms with Gasteiger partial charge in [-0.2, -0.15) is 0 Å². The predicted octanol–water partition coefficient (Wildman–Crippen LogP) is 1.12. The number of carbonyl (C=O) groups excluding carboxylic acids is 1. The monoisotopic (exact) mass is 285 g/mol. The van der Waals surface area contributed by atoms with Crippen molar-refractivity contribution in [2.75, 3.05) is 32.9 Å². The molecule has 0 amide bonds. The van der Waals surface area contributed by atoms with Gasteiger partial charge in [0.15, 0.2) is 0 Å². The molecule has 0 saturated carbocycles. The van der Waals surface area contributed by atoms with E-state index in [0.717, 1.165) is 12.8 Å². The van der Waals surface area contributed by atoms with Crippen molar-refractivity contribution in [1.82, 2.24) is 5.32 Å². The molecule has 0 saturated heterocycles. The highest BCUT2D eigenvalue weighted by molar-refractivity contribution is 5.71. The van der Waals surface area contributed by atoms with Gasteiger partial charge in [-0.3, -0.25) is 4.79 Å². The summed E-state index contributed by atoms with van der Waals surface area (Å²) in [6.45, 7) is 5.80. The molecule has 20 heavy (non-hydrogen) atoms. The van der Waals surface area contributed by atoms with E-state index in [4.69, 9.17) is 9.47 Å². The van der Waals surface area contributed by atoms with Gasteiger partial charge in [0.05, 0.1) is 32.5 Å². The van der Waals surface area contributed by atoms with Crippen LogP contribution in [-0.4, -0.2) is 50.1 Å². The van der Waals surface area contributed by atoms with Gasteiger partial charge in [-0.15, -0.1) is 0 Å². The van der Waals surface area contributed by atoms with Gasteiger partial charge in [-0.05, 0) is 31.6 Å². The first-order chi connectivity index (χ1) is 9.63. The molecule has 3 unspecified atom stereocenters. The van der Waals surface area contributed by atoms with Gasteiger partial charge >= 0.3 is 5.97 Å². The van der Waals surface area contributed by atoms with Crippen molar-refractivity contribution < 1.29 is 19.4 Å².